The molecule has 1 saturated carbocycles. The number of benzene rings is 1. The fourth-order valence-electron chi connectivity index (χ4n) is 10.2. The number of likely N-dealkylation sites (N-methyl/N-ethyl adjacent to an activating group) is 1. The number of ether oxygens (including phenoxy) is 2. The molecular weight excluding hydrogens is 899 g/mol. The largest absolute Gasteiger partial charge is 0.462 e. The molecule has 372 valence electrons. The molecule has 3 fully saturated rings. The van der Waals surface area contributed by atoms with E-state index in [9.17, 15) is 29.1 Å². The lowest BCUT2D eigenvalue weighted by Gasteiger charge is -2.44. The highest BCUT2D eigenvalue weighted by Gasteiger charge is 2.54. The molecule has 3 N–H and O–H groups in total. The van der Waals surface area contributed by atoms with E-state index in [1.807, 2.05) is 59.1 Å². The van der Waals surface area contributed by atoms with Gasteiger partial charge in [0.15, 0.2) is 0 Å². The van der Waals surface area contributed by atoms with E-state index in [2.05, 4.69) is 47.5 Å². The average Bonchev–Trinajstić information content (AvgIpc) is 3.80. The van der Waals surface area contributed by atoms with E-state index in [1.54, 1.807) is 30.2 Å². The van der Waals surface area contributed by atoms with Crippen molar-refractivity contribution in [3.05, 3.63) is 70.9 Å². The Morgan fingerprint density at radius 2 is 1.87 bits per heavy atom. The highest BCUT2D eigenvalue weighted by atomic mass is 32.1. The summed E-state index contributed by atoms with van der Waals surface area (Å²) in [7, 11) is 3.23. The molecule has 1 aromatic carbocycles. The van der Waals surface area contributed by atoms with Gasteiger partial charge in [0.05, 0.1) is 40.3 Å². The van der Waals surface area contributed by atoms with Gasteiger partial charge >= 0.3 is 12.0 Å². The van der Waals surface area contributed by atoms with Gasteiger partial charge in [-0.25, -0.2) is 14.6 Å². The fraction of sp³-hybridized carbons (Fsp3) is 0.549. The Balaban J connectivity index is 1.27. The molecule has 69 heavy (non-hydrogen) atoms. The Morgan fingerprint density at radius 3 is 2.51 bits per heavy atom. The number of hydrazine groups is 1. The number of amides is 5. The number of fused-ring (bicyclic) bond motifs is 6. The average molecular weight is 968 g/mol. The van der Waals surface area contributed by atoms with Gasteiger partial charge in [0.25, 0.3) is 5.91 Å². The van der Waals surface area contributed by atoms with Crippen LogP contribution in [0.5, 0.6) is 0 Å². The van der Waals surface area contributed by atoms with E-state index < -0.39 is 46.5 Å². The van der Waals surface area contributed by atoms with Crippen LogP contribution in [0, 0.1) is 11.3 Å². The number of allylic oxidation sites excluding steroid dienone is 2. The van der Waals surface area contributed by atoms with Crippen LogP contribution in [0.3, 0.4) is 0 Å². The number of aliphatic hydroxyl groups is 1. The van der Waals surface area contributed by atoms with Gasteiger partial charge in [0, 0.05) is 98.8 Å². The van der Waals surface area contributed by atoms with Crippen molar-refractivity contribution in [2.75, 3.05) is 46.9 Å². The van der Waals surface area contributed by atoms with Crippen LogP contribution < -0.4 is 10.7 Å². The first-order valence-electron chi connectivity index (χ1n) is 24.0. The van der Waals surface area contributed by atoms with Crippen molar-refractivity contribution in [2.45, 2.75) is 123 Å². The highest BCUT2D eigenvalue weighted by Crippen LogP contribution is 2.45. The Hall–Kier alpha value is -5.69. The van der Waals surface area contributed by atoms with Gasteiger partial charge in [-0.3, -0.25) is 24.4 Å². The van der Waals surface area contributed by atoms with Crippen molar-refractivity contribution in [2.24, 2.45) is 16.3 Å². The molecule has 0 radical (unpaired) electrons. The Bertz CT molecular complexity index is 2570. The first-order chi connectivity index (χ1) is 32.7. The summed E-state index contributed by atoms with van der Waals surface area (Å²) < 4.78 is 14.0. The molecule has 5 amide bonds. The van der Waals surface area contributed by atoms with Crippen molar-refractivity contribution in [1.29, 1.82) is 0 Å². The number of cyclic esters (lactones) is 1. The van der Waals surface area contributed by atoms with E-state index in [1.165, 1.54) is 27.3 Å². The molecule has 17 nitrogen and oxygen atoms in total. The maximum Gasteiger partial charge on any atom is 0.355 e. The van der Waals surface area contributed by atoms with Crippen molar-refractivity contribution in [3.8, 4) is 11.3 Å². The molecular formula is C51H69N9O8S. The number of urea groups is 1. The zero-order chi connectivity index (χ0) is 50.2. The van der Waals surface area contributed by atoms with Crippen molar-refractivity contribution >= 4 is 63.7 Å². The Kier molecular flexibility index (Phi) is 15.1. The zero-order valence-electron chi connectivity index (χ0n) is 41.6. The summed E-state index contributed by atoms with van der Waals surface area (Å²) in [5.41, 5.74) is 5.35. The van der Waals surface area contributed by atoms with Crippen LogP contribution >= 0.6 is 11.3 Å². The third kappa shape index (κ3) is 10.2. The van der Waals surface area contributed by atoms with Crippen LogP contribution in [0.15, 0.2) is 59.6 Å². The first-order valence-corrected chi connectivity index (χ1v) is 24.9. The predicted molar refractivity (Wildman–Crippen MR) is 267 cm³/mol. The number of hydrogen-bond donors (Lipinski definition) is 3. The molecule has 1 spiro atoms. The summed E-state index contributed by atoms with van der Waals surface area (Å²) in [6.45, 7) is 23.1. The number of aryl methyl sites for hydroxylation is 1. The van der Waals surface area contributed by atoms with Crippen LogP contribution in [-0.2, 0) is 48.0 Å². The SMILES string of the molecule is C=CC(=O)N1CCN(C(=O)N(C)[C@H](C(=O)N[C@H]2Cc3nc(cs3)-c3ccc4c(c3)c(c(/C(C=C)=C(/N=CC)[C@H](C)OC)n4CC)CC(C)(C)COC(=O)[C@@]3(O)CCCN(N3)C2=O)C(C)C)CC12CC2. The first kappa shape index (κ1) is 51.2. The second-order valence-corrected chi connectivity index (χ2v) is 20.8. The number of nitrogens with zero attached hydrogens (tertiary/aromatic N) is 7. The minimum Gasteiger partial charge on any atom is -0.462 e. The lowest BCUT2D eigenvalue weighted by molar-refractivity contribution is -0.189. The number of aromatic nitrogens is 2. The van der Waals surface area contributed by atoms with Gasteiger partial charge in [-0.05, 0) is 76.1 Å². The number of thiazole rings is 1. The molecule has 0 unspecified atom stereocenters. The molecule has 6 bridgehead atoms. The smallest absolute Gasteiger partial charge is 0.355 e. The zero-order valence-corrected chi connectivity index (χ0v) is 42.4. The molecule has 2 aromatic heterocycles. The van der Waals surface area contributed by atoms with Crippen LogP contribution in [0.1, 0.15) is 90.4 Å². The summed E-state index contributed by atoms with van der Waals surface area (Å²) in [6, 6.07) is 3.65. The second kappa shape index (κ2) is 20.3. The Labute approximate surface area is 409 Å². The number of carbonyl (C=O) groups is 5. The van der Waals surface area contributed by atoms with Crippen LogP contribution in [0.4, 0.5) is 4.79 Å². The maximum absolute atomic E-state index is 14.7. The number of rotatable bonds is 11. The summed E-state index contributed by atoms with van der Waals surface area (Å²) >= 11 is 1.35. The quantitative estimate of drug-likeness (QED) is 0.0929. The van der Waals surface area contributed by atoms with Crippen molar-refractivity contribution < 1.29 is 38.6 Å². The molecule has 3 aromatic rings. The molecule has 7 rings (SSSR count). The maximum atomic E-state index is 14.7. The standard InChI is InChI=1S/C51H69N9O8S/c1-12-34(42(52-14-3)32(7)67-11)44-36-27-49(8,9)30-68-47(64)51(66)19-16-22-60(55-51)46(63)37(26-40-53-38(28-69-40)33-17-18-39(35(36)25-33)58(44)15-4)54-45(62)43(31(5)6)56(10)48(65)57-23-24-59(41(61)13-2)50(29-57)20-21-50/h12-14,17-18,25,28,31-32,37,43,55,66H,1-2,15-16,19-24,26-27,29-30H2,3-11H3,(H,54,62)/b42-34+,52-14?/t32-,37-,43-,51-/m0/s1. The molecule has 2 saturated heterocycles. The van der Waals surface area contributed by atoms with E-state index in [0.717, 1.165) is 46.1 Å². The minimum absolute atomic E-state index is 0.0225. The fourth-order valence-corrected chi connectivity index (χ4v) is 11.1. The van der Waals surface area contributed by atoms with Crippen LogP contribution in [0.25, 0.3) is 27.7 Å². The Morgan fingerprint density at radius 1 is 1.13 bits per heavy atom. The number of esters is 1. The normalized spacial score (nSPS) is 22.8. The molecule has 5 heterocycles. The van der Waals surface area contributed by atoms with Gasteiger partial charge in [0.2, 0.25) is 17.5 Å². The number of nitrogens with one attached hydrogen (secondary N) is 2. The lowest BCUT2D eigenvalue weighted by Crippen LogP contribution is -2.67. The predicted octanol–water partition coefficient (Wildman–Crippen LogP) is 5.72. The molecule has 4 aliphatic rings. The number of aliphatic imine (C=N–C) groups is 1. The lowest BCUT2D eigenvalue weighted by atomic mass is 9.84. The summed E-state index contributed by atoms with van der Waals surface area (Å²) in [4.78, 5) is 84.9. The second-order valence-electron chi connectivity index (χ2n) is 19.9. The van der Waals surface area contributed by atoms with Gasteiger partial charge in [-0.15, -0.1) is 11.3 Å². The third-order valence-electron chi connectivity index (χ3n) is 14.0. The number of methoxy groups -OCH3 is 1. The monoisotopic (exact) mass is 967 g/mol. The van der Waals surface area contributed by atoms with Crippen molar-refractivity contribution in [1.82, 2.24) is 40.0 Å². The number of piperazine rings is 1. The van der Waals surface area contributed by atoms with Crippen LogP contribution in [0.2, 0.25) is 0 Å². The number of hydrogen-bond acceptors (Lipinski definition) is 12. The van der Waals surface area contributed by atoms with Gasteiger partial charge < -0.3 is 39.2 Å². The van der Waals surface area contributed by atoms with E-state index in [0.29, 0.717) is 49.0 Å². The molecule has 18 heteroatoms. The minimum atomic E-state index is -2.24. The molecule has 4 atom stereocenters. The summed E-state index contributed by atoms with van der Waals surface area (Å²) in [5, 5.41) is 19.5. The summed E-state index contributed by atoms with van der Waals surface area (Å²) in [5.74, 6) is -2.61. The van der Waals surface area contributed by atoms with Gasteiger partial charge in [-0.1, -0.05) is 53.0 Å². The molecule has 1 aliphatic carbocycles. The van der Waals surface area contributed by atoms with Gasteiger partial charge in [0.1, 0.15) is 12.1 Å². The van der Waals surface area contributed by atoms with E-state index in [-0.39, 0.29) is 56.4 Å². The van der Waals surface area contributed by atoms with Crippen LogP contribution in [-0.4, -0.2) is 147 Å². The van der Waals surface area contributed by atoms with Gasteiger partial charge in [-0.2, -0.15) is 5.43 Å². The summed E-state index contributed by atoms with van der Waals surface area (Å²) in [6.07, 6.45) is 6.70. The number of carbonyl (C=O) groups excluding carboxylic acids is 5. The van der Waals surface area contributed by atoms with E-state index in [4.69, 9.17) is 19.5 Å². The topological polar surface area (TPSA) is 191 Å². The third-order valence-corrected chi connectivity index (χ3v) is 14.8. The highest BCUT2D eigenvalue weighted by molar-refractivity contribution is 7.10. The van der Waals surface area contributed by atoms with E-state index >= 15 is 0 Å². The molecule has 3 aliphatic heterocycles. The van der Waals surface area contributed by atoms with Crippen molar-refractivity contribution in [3.63, 3.8) is 0 Å².